The molecule has 1 aromatic rings. The van der Waals surface area contributed by atoms with Gasteiger partial charge < -0.3 is 15.2 Å². The molecule has 1 aliphatic heterocycles. The van der Waals surface area contributed by atoms with Crippen LogP contribution in [0.2, 0.25) is 0 Å². The van der Waals surface area contributed by atoms with Crippen LogP contribution in [0.3, 0.4) is 0 Å². The van der Waals surface area contributed by atoms with Crippen LogP contribution in [0.1, 0.15) is 35.2 Å². The first-order chi connectivity index (χ1) is 9.06. The molecule has 1 heterocycles. The fourth-order valence-corrected chi connectivity index (χ4v) is 2.15. The highest BCUT2D eigenvalue weighted by Gasteiger charge is 2.19. The number of aryl methyl sites for hydroxylation is 1. The van der Waals surface area contributed by atoms with Crippen molar-refractivity contribution in [2.24, 2.45) is 0 Å². The van der Waals surface area contributed by atoms with Crippen LogP contribution in [0.25, 0.3) is 0 Å². The first kappa shape index (κ1) is 13.5. The average molecular weight is 263 g/mol. The van der Waals surface area contributed by atoms with E-state index in [0.29, 0.717) is 24.3 Å². The second-order valence-corrected chi connectivity index (χ2v) is 4.72. The maximum absolute atomic E-state index is 11.8. The van der Waals surface area contributed by atoms with Gasteiger partial charge in [0.2, 0.25) is 5.91 Å². The molecule has 2 rings (SSSR count). The average Bonchev–Trinajstić information content (AvgIpc) is 2.84. The predicted octanol–water partition coefficient (Wildman–Crippen LogP) is 2.20. The van der Waals surface area contributed by atoms with Gasteiger partial charge >= 0.3 is 5.97 Å². The van der Waals surface area contributed by atoms with E-state index in [4.69, 9.17) is 9.84 Å². The molecular weight excluding hydrogens is 246 g/mol. The highest BCUT2D eigenvalue weighted by Crippen LogP contribution is 2.18. The second-order valence-electron chi connectivity index (χ2n) is 4.72. The maximum atomic E-state index is 11.8. The van der Waals surface area contributed by atoms with E-state index in [1.54, 1.807) is 19.1 Å². The lowest BCUT2D eigenvalue weighted by Crippen LogP contribution is -2.19. The van der Waals surface area contributed by atoms with Gasteiger partial charge in [0, 0.05) is 12.3 Å². The summed E-state index contributed by atoms with van der Waals surface area (Å²) >= 11 is 0. The summed E-state index contributed by atoms with van der Waals surface area (Å²) in [5.74, 6) is -1.14. The number of ether oxygens (including phenoxy) is 1. The third-order valence-corrected chi connectivity index (χ3v) is 3.19. The summed E-state index contributed by atoms with van der Waals surface area (Å²) in [4.78, 5) is 22.8. The number of rotatable bonds is 4. The fourth-order valence-electron chi connectivity index (χ4n) is 2.15. The van der Waals surface area contributed by atoms with E-state index in [1.807, 2.05) is 0 Å². The Balaban J connectivity index is 2.00. The van der Waals surface area contributed by atoms with Crippen LogP contribution in [0, 0.1) is 6.92 Å². The normalized spacial score (nSPS) is 18.3. The van der Waals surface area contributed by atoms with E-state index in [9.17, 15) is 9.59 Å². The minimum absolute atomic E-state index is 0.00982. The van der Waals surface area contributed by atoms with Crippen LogP contribution in [-0.2, 0) is 9.53 Å². The van der Waals surface area contributed by atoms with Crippen LogP contribution in [0.4, 0.5) is 5.69 Å². The summed E-state index contributed by atoms with van der Waals surface area (Å²) in [7, 11) is 0. The van der Waals surface area contributed by atoms with Gasteiger partial charge in [0.25, 0.3) is 0 Å². The molecule has 0 aromatic heterocycles. The van der Waals surface area contributed by atoms with E-state index < -0.39 is 5.97 Å². The largest absolute Gasteiger partial charge is 0.478 e. The lowest BCUT2D eigenvalue weighted by atomic mass is 10.1. The number of carbonyl (C=O) groups excluding carboxylic acids is 1. The molecule has 1 atom stereocenters. The van der Waals surface area contributed by atoms with Crippen molar-refractivity contribution < 1.29 is 19.4 Å². The van der Waals surface area contributed by atoms with Crippen molar-refractivity contribution in [2.45, 2.75) is 32.3 Å². The molecular formula is C14H17NO4. The first-order valence-electron chi connectivity index (χ1n) is 6.31. The Morgan fingerprint density at radius 1 is 1.47 bits per heavy atom. The van der Waals surface area contributed by atoms with Crippen molar-refractivity contribution in [2.75, 3.05) is 11.9 Å². The molecule has 1 aliphatic rings. The molecule has 102 valence electrons. The van der Waals surface area contributed by atoms with Crippen molar-refractivity contribution >= 4 is 17.6 Å². The summed E-state index contributed by atoms with van der Waals surface area (Å²) in [5, 5.41) is 11.7. The molecule has 0 radical (unpaired) electrons. The van der Waals surface area contributed by atoms with Crippen LogP contribution in [-0.4, -0.2) is 29.7 Å². The third-order valence-electron chi connectivity index (χ3n) is 3.19. The zero-order valence-corrected chi connectivity index (χ0v) is 10.8. The van der Waals surface area contributed by atoms with Gasteiger partial charge in [-0.2, -0.15) is 0 Å². The molecule has 1 fully saturated rings. The Kier molecular flexibility index (Phi) is 4.16. The molecule has 5 nitrogen and oxygen atoms in total. The molecule has 19 heavy (non-hydrogen) atoms. The van der Waals surface area contributed by atoms with Crippen LogP contribution in [0.15, 0.2) is 18.2 Å². The monoisotopic (exact) mass is 263 g/mol. The second kappa shape index (κ2) is 5.84. The van der Waals surface area contributed by atoms with Crippen LogP contribution >= 0.6 is 0 Å². The van der Waals surface area contributed by atoms with Crippen LogP contribution in [0.5, 0.6) is 0 Å². The van der Waals surface area contributed by atoms with Gasteiger partial charge in [0.1, 0.15) is 0 Å². The fraction of sp³-hybridized carbons (Fsp3) is 0.429. The standard InChI is InChI=1S/C14H17NO4/c1-9-4-5-10(7-12(9)14(17)18)15-13(16)8-11-3-2-6-19-11/h4-5,7,11H,2-3,6,8H2,1H3,(H,15,16)(H,17,18). The quantitative estimate of drug-likeness (QED) is 0.873. The number of carboxylic acid groups (broad SMARTS) is 1. The molecule has 0 bridgehead atoms. The number of nitrogens with one attached hydrogen (secondary N) is 1. The number of amides is 1. The molecule has 0 spiro atoms. The lowest BCUT2D eigenvalue weighted by Gasteiger charge is -2.11. The lowest BCUT2D eigenvalue weighted by molar-refractivity contribution is -0.118. The van der Waals surface area contributed by atoms with Crippen molar-refractivity contribution in [3.63, 3.8) is 0 Å². The van der Waals surface area contributed by atoms with E-state index in [2.05, 4.69) is 5.32 Å². The molecule has 1 amide bonds. The number of hydrogen-bond donors (Lipinski definition) is 2. The number of anilines is 1. The third kappa shape index (κ3) is 3.54. The Hall–Kier alpha value is -1.88. The van der Waals surface area contributed by atoms with Crippen molar-refractivity contribution in [3.05, 3.63) is 29.3 Å². The summed E-state index contributed by atoms with van der Waals surface area (Å²) in [6.07, 6.45) is 2.20. The number of benzene rings is 1. The maximum Gasteiger partial charge on any atom is 0.336 e. The van der Waals surface area contributed by atoms with Crippen molar-refractivity contribution in [1.29, 1.82) is 0 Å². The molecule has 2 N–H and O–H groups in total. The van der Waals surface area contributed by atoms with E-state index in [1.165, 1.54) is 6.07 Å². The molecule has 0 aliphatic carbocycles. The summed E-state index contributed by atoms with van der Waals surface area (Å²) in [6, 6.07) is 4.87. The Labute approximate surface area is 111 Å². The number of carboxylic acids is 1. The van der Waals surface area contributed by atoms with E-state index in [0.717, 1.165) is 12.8 Å². The first-order valence-corrected chi connectivity index (χ1v) is 6.31. The van der Waals surface area contributed by atoms with Gasteiger partial charge in [-0.3, -0.25) is 4.79 Å². The molecule has 5 heteroatoms. The minimum Gasteiger partial charge on any atom is -0.478 e. The minimum atomic E-state index is -0.993. The zero-order chi connectivity index (χ0) is 13.8. The Morgan fingerprint density at radius 3 is 2.89 bits per heavy atom. The highest BCUT2D eigenvalue weighted by atomic mass is 16.5. The number of aromatic carboxylic acids is 1. The van der Waals surface area contributed by atoms with Gasteiger partial charge in [-0.05, 0) is 37.5 Å². The SMILES string of the molecule is Cc1ccc(NC(=O)CC2CCCO2)cc1C(=O)O. The summed E-state index contributed by atoms with van der Waals surface area (Å²) in [5.41, 5.74) is 1.38. The number of carbonyl (C=O) groups is 2. The van der Waals surface area contributed by atoms with Gasteiger partial charge in [-0.25, -0.2) is 4.79 Å². The summed E-state index contributed by atoms with van der Waals surface area (Å²) < 4.78 is 5.39. The Bertz CT molecular complexity index is 492. The number of hydrogen-bond acceptors (Lipinski definition) is 3. The zero-order valence-electron chi connectivity index (χ0n) is 10.8. The smallest absolute Gasteiger partial charge is 0.336 e. The van der Waals surface area contributed by atoms with E-state index >= 15 is 0 Å². The van der Waals surface area contributed by atoms with Gasteiger partial charge in [0.15, 0.2) is 0 Å². The predicted molar refractivity (Wildman–Crippen MR) is 70.4 cm³/mol. The molecule has 0 saturated carbocycles. The summed E-state index contributed by atoms with van der Waals surface area (Å²) in [6.45, 7) is 2.44. The van der Waals surface area contributed by atoms with Gasteiger partial charge in [0.05, 0.1) is 18.1 Å². The van der Waals surface area contributed by atoms with Crippen molar-refractivity contribution in [3.8, 4) is 0 Å². The van der Waals surface area contributed by atoms with Crippen molar-refractivity contribution in [1.82, 2.24) is 0 Å². The highest BCUT2D eigenvalue weighted by molar-refractivity contribution is 5.94. The van der Waals surface area contributed by atoms with Gasteiger partial charge in [-0.1, -0.05) is 6.07 Å². The topological polar surface area (TPSA) is 75.6 Å². The van der Waals surface area contributed by atoms with Gasteiger partial charge in [-0.15, -0.1) is 0 Å². The Morgan fingerprint density at radius 2 is 2.26 bits per heavy atom. The van der Waals surface area contributed by atoms with Crippen LogP contribution < -0.4 is 5.32 Å². The molecule has 1 unspecified atom stereocenters. The van der Waals surface area contributed by atoms with E-state index in [-0.39, 0.29) is 17.6 Å². The molecule has 1 aromatic carbocycles. The molecule has 1 saturated heterocycles.